The molecule has 0 saturated carbocycles. The quantitative estimate of drug-likeness (QED) is 0.422. The van der Waals surface area contributed by atoms with Gasteiger partial charge < -0.3 is 23.9 Å². The molecule has 0 aliphatic carbocycles. The number of rotatable bonds is 6. The van der Waals surface area contributed by atoms with Crippen LogP contribution in [0.3, 0.4) is 0 Å². The number of hydrogen-bond donors (Lipinski definition) is 1. The highest BCUT2D eigenvalue weighted by Crippen LogP contribution is 2.35. The van der Waals surface area contributed by atoms with Gasteiger partial charge in [-0.05, 0) is 48.5 Å². The standard InChI is InChI=1S/C27H27N3O5/c1-33-19-7-9-24(34-2)20(16-19)21-15-18-6-8-23(31)22(26(18)35-27(21)32)17-29-11-13-30(14-12-29)25-5-3-4-10-28-25/h3-10,15-16,31H,11-14,17H2,1-2H3. The van der Waals surface area contributed by atoms with E-state index in [-0.39, 0.29) is 5.75 Å². The van der Waals surface area contributed by atoms with Crippen molar-refractivity contribution in [3.8, 4) is 28.4 Å². The SMILES string of the molecule is COc1ccc(OC)c(-c2cc3ccc(O)c(CN4CCN(c5ccccn5)CC4)c3oc2=O)c1. The molecule has 180 valence electrons. The molecule has 1 aliphatic heterocycles. The molecule has 4 aromatic rings. The molecule has 1 aliphatic rings. The minimum atomic E-state index is -0.504. The molecule has 0 spiro atoms. The van der Waals surface area contributed by atoms with Crippen LogP contribution in [0.5, 0.6) is 17.2 Å². The first-order chi connectivity index (χ1) is 17.1. The molecule has 1 saturated heterocycles. The molecular weight excluding hydrogens is 446 g/mol. The van der Waals surface area contributed by atoms with E-state index in [0.717, 1.165) is 37.4 Å². The van der Waals surface area contributed by atoms with E-state index >= 15 is 0 Å². The molecule has 0 amide bonds. The topological polar surface area (TPSA) is 88.3 Å². The predicted molar refractivity (Wildman–Crippen MR) is 134 cm³/mol. The third-order valence-electron chi connectivity index (χ3n) is 6.40. The lowest BCUT2D eigenvalue weighted by atomic mass is 10.0. The highest BCUT2D eigenvalue weighted by molar-refractivity contribution is 5.87. The zero-order valence-corrected chi connectivity index (χ0v) is 19.7. The van der Waals surface area contributed by atoms with E-state index in [0.29, 0.717) is 40.3 Å². The highest BCUT2D eigenvalue weighted by atomic mass is 16.5. The summed E-state index contributed by atoms with van der Waals surface area (Å²) in [6.45, 7) is 3.73. The highest BCUT2D eigenvalue weighted by Gasteiger charge is 2.22. The number of aromatic nitrogens is 1. The van der Waals surface area contributed by atoms with Crippen LogP contribution >= 0.6 is 0 Å². The molecule has 2 aromatic carbocycles. The summed E-state index contributed by atoms with van der Waals surface area (Å²) in [6, 6.07) is 16.4. The predicted octanol–water partition coefficient (Wildman–Crippen LogP) is 3.90. The summed E-state index contributed by atoms with van der Waals surface area (Å²) >= 11 is 0. The average Bonchev–Trinajstić information content (AvgIpc) is 2.90. The number of fused-ring (bicyclic) bond motifs is 1. The minimum Gasteiger partial charge on any atom is -0.507 e. The zero-order chi connectivity index (χ0) is 24.4. The second-order valence-electron chi connectivity index (χ2n) is 8.45. The zero-order valence-electron chi connectivity index (χ0n) is 19.7. The van der Waals surface area contributed by atoms with E-state index < -0.39 is 5.63 Å². The van der Waals surface area contributed by atoms with Crippen LogP contribution in [0.15, 0.2) is 70.0 Å². The van der Waals surface area contributed by atoms with Crippen molar-refractivity contribution in [3.05, 3.63) is 76.8 Å². The number of pyridine rings is 1. The monoisotopic (exact) mass is 473 g/mol. The van der Waals surface area contributed by atoms with Crippen molar-refractivity contribution in [1.82, 2.24) is 9.88 Å². The summed E-state index contributed by atoms with van der Waals surface area (Å²) < 4.78 is 16.6. The Morgan fingerprint density at radius 3 is 2.51 bits per heavy atom. The van der Waals surface area contributed by atoms with Crippen molar-refractivity contribution < 1.29 is 19.0 Å². The Morgan fingerprint density at radius 1 is 0.971 bits per heavy atom. The maximum Gasteiger partial charge on any atom is 0.344 e. The van der Waals surface area contributed by atoms with Crippen molar-refractivity contribution in [3.63, 3.8) is 0 Å². The van der Waals surface area contributed by atoms with E-state index in [4.69, 9.17) is 13.9 Å². The molecule has 5 rings (SSSR count). The summed E-state index contributed by atoms with van der Waals surface area (Å²) in [7, 11) is 3.12. The fraction of sp³-hybridized carbons (Fsp3) is 0.259. The Hall–Kier alpha value is -4.04. The van der Waals surface area contributed by atoms with Crippen LogP contribution in [-0.2, 0) is 6.54 Å². The van der Waals surface area contributed by atoms with Crippen molar-refractivity contribution >= 4 is 16.8 Å². The number of hydrogen-bond acceptors (Lipinski definition) is 8. The smallest absolute Gasteiger partial charge is 0.344 e. The van der Waals surface area contributed by atoms with E-state index in [1.165, 1.54) is 0 Å². The first-order valence-corrected chi connectivity index (χ1v) is 11.5. The van der Waals surface area contributed by atoms with Gasteiger partial charge in [0.15, 0.2) is 0 Å². The van der Waals surface area contributed by atoms with Gasteiger partial charge in [0.1, 0.15) is 28.6 Å². The first kappa shape index (κ1) is 22.7. The number of nitrogens with zero attached hydrogens (tertiary/aromatic N) is 3. The average molecular weight is 474 g/mol. The normalized spacial score (nSPS) is 14.3. The minimum absolute atomic E-state index is 0.111. The number of benzene rings is 2. The third-order valence-corrected chi connectivity index (χ3v) is 6.40. The lowest BCUT2D eigenvalue weighted by molar-refractivity contribution is 0.246. The fourth-order valence-corrected chi connectivity index (χ4v) is 4.50. The number of piperazine rings is 1. The molecule has 3 heterocycles. The molecule has 0 atom stereocenters. The molecule has 35 heavy (non-hydrogen) atoms. The van der Waals surface area contributed by atoms with Gasteiger partial charge >= 0.3 is 5.63 Å². The van der Waals surface area contributed by atoms with Gasteiger partial charge in [-0.25, -0.2) is 9.78 Å². The number of ether oxygens (including phenoxy) is 2. The van der Waals surface area contributed by atoms with E-state index in [2.05, 4.69) is 14.8 Å². The number of aromatic hydroxyl groups is 1. The van der Waals surface area contributed by atoms with Crippen molar-refractivity contribution in [2.24, 2.45) is 0 Å². The fourth-order valence-electron chi connectivity index (χ4n) is 4.50. The van der Waals surface area contributed by atoms with Crippen LogP contribution in [0.1, 0.15) is 5.56 Å². The molecule has 8 nitrogen and oxygen atoms in total. The third kappa shape index (κ3) is 4.52. The molecule has 8 heteroatoms. The van der Waals surface area contributed by atoms with Crippen molar-refractivity contribution in [2.45, 2.75) is 6.54 Å². The van der Waals surface area contributed by atoms with Crippen molar-refractivity contribution in [1.29, 1.82) is 0 Å². The van der Waals surface area contributed by atoms with Gasteiger partial charge in [0, 0.05) is 49.9 Å². The molecule has 0 radical (unpaired) electrons. The molecular formula is C27H27N3O5. The number of methoxy groups -OCH3 is 2. The van der Waals surface area contributed by atoms with Crippen LogP contribution in [-0.4, -0.2) is 55.4 Å². The Bertz CT molecular complexity index is 1400. The Labute approximate surface area is 203 Å². The second kappa shape index (κ2) is 9.68. The maximum absolute atomic E-state index is 13.1. The van der Waals surface area contributed by atoms with Gasteiger partial charge in [-0.2, -0.15) is 0 Å². The largest absolute Gasteiger partial charge is 0.507 e. The summed E-state index contributed by atoms with van der Waals surface area (Å²) in [4.78, 5) is 22.0. The van der Waals surface area contributed by atoms with E-state index in [9.17, 15) is 9.90 Å². The maximum atomic E-state index is 13.1. The van der Waals surface area contributed by atoms with Crippen LogP contribution in [0.25, 0.3) is 22.1 Å². The summed E-state index contributed by atoms with van der Waals surface area (Å²) in [5.74, 6) is 2.23. The molecule has 0 bridgehead atoms. The van der Waals surface area contributed by atoms with Crippen molar-refractivity contribution in [2.75, 3.05) is 45.3 Å². The summed E-state index contributed by atoms with van der Waals surface area (Å²) in [6.07, 6.45) is 1.80. The number of phenolic OH excluding ortho intramolecular Hbond substituents is 1. The molecule has 1 fully saturated rings. The molecule has 0 unspecified atom stereocenters. The van der Waals surface area contributed by atoms with Crippen LogP contribution in [0.2, 0.25) is 0 Å². The van der Waals surface area contributed by atoms with Gasteiger partial charge in [-0.3, -0.25) is 4.90 Å². The van der Waals surface area contributed by atoms with Crippen LogP contribution < -0.4 is 20.0 Å². The first-order valence-electron chi connectivity index (χ1n) is 11.5. The van der Waals surface area contributed by atoms with Crippen LogP contribution in [0.4, 0.5) is 5.82 Å². The molecule has 2 aromatic heterocycles. The second-order valence-corrected chi connectivity index (χ2v) is 8.45. The van der Waals surface area contributed by atoms with Gasteiger partial charge in [0.25, 0.3) is 0 Å². The Morgan fingerprint density at radius 2 is 1.80 bits per heavy atom. The Kier molecular flexibility index (Phi) is 6.29. The van der Waals surface area contributed by atoms with Gasteiger partial charge in [0.05, 0.1) is 25.3 Å². The van der Waals surface area contributed by atoms with Gasteiger partial charge in [-0.1, -0.05) is 6.07 Å². The van der Waals surface area contributed by atoms with E-state index in [1.54, 1.807) is 56.8 Å². The number of phenols is 1. The lowest BCUT2D eigenvalue weighted by Crippen LogP contribution is -2.46. The number of anilines is 1. The van der Waals surface area contributed by atoms with Gasteiger partial charge in [-0.15, -0.1) is 0 Å². The summed E-state index contributed by atoms with van der Waals surface area (Å²) in [5.41, 5.74) is 1.45. The summed E-state index contributed by atoms with van der Waals surface area (Å²) in [5, 5.41) is 11.4. The van der Waals surface area contributed by atoms with Crippen LogP contribution in [0, 0.1) is 0 Å². The van der Waals surface area contributed by atoms with Gasteiger partial charge in [0.2, 0.25) is 0 Å². The lowest BCUT2D eigenvalue weighted by Gasteiger charge is -2.35. The Balaban J connectivity index is 1.44. The molecule has 1 N–H and O–H groups in total. The van der Waals surface area contributed by atoms with E-state index in [1.807, 2.05) is 18.2 Å².